The van der Waals surface area contributed by atoms with Crippen molar-refractivity contribution in [2.45, 2.75) is 24.4 Å². The van der Waals surface area contributed by atoms with Crippen LogP contribution in [-0.4, -0.2) is 73.5 Å². The van der Waals surface area contributed by atoms with Gasteiger partial charge < -0.3 is 25.9 Å². The minimum Gasteiger partial charge on any atom is -0.339 e. The van der Waals surface area contributed by atoms with Crippen molar-refractivity contribution in [2.75, 3.05) is 44.8 Å². The van der Waals surface area contributed by atoms with Gasteiger partial charge in [-0.2, -0.15) is 0 Å². The van der Waals surface area contributed by atoms with Gasteiger partial charge in [0.2, 0.25) is 5.91 Å². The molecule has 1 aliphatic carbocycles. The van der Waals surface area contributed by atoms with Crippen molar-refractivity contribution < 1.29 is 14.0 Å². The van der Waals surface area contributed by atoms with Crippen LogP contribution in [0, 0.1) is 5.82 Å². The molecular weight excluding hydrogens is 461 g/mol. The van der Waals surface area contributed by atoms with E-state index in [2.05, 4.69) is 26.5 Å². The van der Waals surface area contributed by atoms with Gasteiger partial charge in [-0.15, -0.1) is 5.53 Å². The molecule has 0 bridgehead atoms. The number of nitrogens with one attached hydrogen (secondary N) is 4. The second-order valence-corrected chi connectivity index (χ2v) is 9.55. The van der Waals surface area contributed by atoms with Crippen LogP contribution in [0.2, 0.25) is 0 Å². The first-order valence-electron chi connectivity index (χ1n) is 12.3. The van der Waals surface area contributed by atoms with Crippen LogP contribution in [0.15, 0.2) is 60.9 Å². The zero-order valence-electron chi connectivity index (χ0n) is 20.3. The molecule has 36 heavy (non-hydrogen) atoms. The van der Waals surface area contributed by atoms with E-state index in [0.717, 1.165) is 30.8 Å². The number of piperazine rings is 1. The maximum Gasteiger partial charge on any atom is 0.251 e. The van der Waals surface area contributed by atoms with E-state index in [9.17, 15) is 14.0 Å². The Labute approximate surface area is 210 Å². The summed E-state index contributed by atoms with van der Waals surface area (Å²) >= 11 is 0. The van der Waals surface area contributed by atoms with Crippen molar-refractivity contribution in [3.8, 4) is 0 Å². The molecule has 2 aromatic carbocycles. The van der Waals surface area contributed by atoms with Crippen LogP contribution < -0.4 is 26.6 Å². The third-order valence-corrected chi connectivity index (χ3v) is 6.99. The largest absolute Gasteiger partial charge is 0.339 e. The van der Waals surface area contributed by atoms with Gasteiger partial charge in [0.15, 0.2) is 0 Å². The highest BCUT2D eigenvalue weighted by atomic mass is 19.1. The molecule has 0 aromatic heterocycles. The number of amides is 2. The lowest BCUT2D eigenvalue weighted by molar-refractivity contribution is -0.134. The first-order valence-corrected chi connectivity index (χ1v) is 12.3. The Hall–Kier alpha value is -3.47. The Kier molecular flexibility index (Phi) is 7.17. The zero-order chi connectivity index (χ0) is 25.1. The van der Waals surface area contributed by atoms with Crippen LogP contribution in [-0.2, 0) is 4.79 Å². The summed E-state index contributed by atoms with van der Waals surface area (Å²) in [5.74, 6) is -0.319. The van der Waals surface area contributed by atoms with Crippen molar-refractivity contribution >= 4 is 17.5 Å². The van der Waals surface area contributed by atoms with E-state index in [1.54, 1.807) is 23.3 Å². The Morgan fingerprint density at radius 1 is 1.06 bits per heavy atom. The first kappa shape index (κ1) is 24.2. The predicted molar refractivity (Wildman–Crippen MR) is 135 cm³/mol. The summed E-state index contributed by atoms with van der Waals surface area (Å²) < 4.78 is 13.3. The Morgan fingerprint density at radius 2 is 1.78 bits per heavy atom. The van der Waals surface area contributed by atoms with E-state index < -0.39 is 6.04 Å². The number of carbonyl (C=O) groups excluding carboxylic acids is 2. The molecular formula is C26H32FN7O2. The molecule has 2 aliphatic heterocycles. The molecule has 0 radical (unpaired) electrons. The third kappa shape index (κ3) is 5.67. The maximum atomic E-state index is 13.4. The van der Waals surface area contributed by atoms with Gasteiger partial charge in [-0.1, -0.05) is 12.1 Å². The fourth-order valence-electron chi connectivity index (χ4n) is 4.64. The molecule has 2 fully saturated rings. The molecule has 190 valence electrons. The SMILES string of the molecule is CN1CCN(C(=O)C(CN[C@@H]2C[C@H]2c2ccc(F)cc2)NC(=O)c2ccc(N3C=CNN3)cc2)CC1. The molecule has 4 N–H and O–H groups in total. The van der Waals surface area contributed by atoms with Crippen LogP contribution in [0.3, 0.4) is 0 Å². The highest BCUT2D eigenvalue weighted by molar-refractivity contribution is 5.98. The second kappa shape index (κ2) is 10.7. The molecule has 9 nitrogen and oxygen atoms in total. The van der Waals surface area contributed by atoms with E-state index in [4.69, 9.17) is 0 Å². The summed E-state index contributed by atoms with van der Waals surface area (Å²) in [7, 11) is 2.04. The van der Waals surface area contributed by atoms with Gasteiger partial charge in [-0.25, -0.2) is 4.39 Å². The van der Waals surface area contributed by atoms with Gasteiger partial charge in [-0.3, -0.25) is 14.6 Å². The van der Waals surface area contributed by atoms with Gasteiger partial charge in [0.05, 0.1) is 5.69 Å². The van der Waals surface area contributed by atoms with Gasteiger partial charge in [-0.05, 0) is 55.4 Å². The predicted octanol–water partition coefficient (Wildman–Crippen LogP) is 1.14. The minimum atomic E-state index is -0.678. The van der Waals surface area contributed by atoms with Crippen LogP contribution in [0.4, 0.5) is 10.1 Å². The standard InChI is InChI=1S/C26H32FN7O2/c1-32-12-14-33(15-13-32)26(36)24(17-28-23-16-22(23)18-2-6-20(27)7-3-18)30-25(35)19-4-8-21(9-5-19)34-11-10-29-31-34/h2-11,22-24,28-29,31H,12-17H2,1H3,(H,30,35)/t22-,23+,24?/m0/s1. The number of hydrogen-bond donors (Lipinski definition) is 4. The summed E-state index contributed by atoms with van der Waals surface area (Å²) in [5, 5.41) is 8.21. The Morgan fingerprint density at radius 3 is 2.44 bits per heavy atom. The first-order chi connectivity index (χ1) is 17.5. The molecule has 5 rings (SSSR count). The molecule has 1 unspecified atom stereocenters. The maximum absolute atomic E-state index is 13.4. The molecule has 1 saturated carbocycles. The zero-order valence-corrected chi connectivity index (χ0v) is 20.3. The van der Waals surface area contributed by atoms with Crippen molar-refractivity contribution in [1.82, 2.24) is 31.4 Å². The molecule has 2 amide bonds. The van der Waals surface area contributed by atoms with E-state index >= 15 is 0 Å². The van der Waals surface area contributed by atoms with Crippen LogP contribution in [0.1, 0.15) is 28.3 Å². The highest BCUT2D eigenvalue weighted by Crippen LogP contribution is 2.40. The molecule has 0 spiro atoms. The van der Waals surface area contributed by atoms with Crippen LogP contribution >= 0.6 is 0 Å². The number of likely N-dealkylation sites (N-methyl/N-ethyl adjacent to an activating group) is 1. The lowest BCUT2D eigenvalue weighted by atomic mass is 10.1. The Bertz CT molecular complexity index is 1100. The number of anilines is 1. The summed E-state index contributed by atoms with van der Waals surface area (Å²) in [6.45, 7) is 3.24. The molecule has 3 aliphatic rings. The smallest absolute Gasteiger partial charge is 0.251 e. The summed E-state index contributed by atoms with van der Waals surface area (Å²) in [5.41, 5.74) is 8.27. The number of hydrazine groups is 2. The van der Waals surface area contributed by atoms with Gasteiger partial charge in [0, 0.05) is 62.6 Å². The monoisotopic (exact) mass is 493 g/mol. The van der Waals surface area contributed by atoms with Crippen LogP contribution in [0.25, 0.3) is 0 Å². The van der Waals surface area contributed by atoms with Crippen molar-refractivity contribution in [2.24, 2.45) is 0 Å². The van der Waals surface area contributed by atoms with Gasteiger partial charge >= 0.3 is 0 Å². The minimum absolute atomic E-state index is 0.0722. The third-order valence-electron chi connectivity index (χ3n) is 6.99. The van der Waals surface area contributed by atoms with E-state index in [1.165, 1.54) is 12.1 Å². The van der Waals surface area contributed by atoms with Crippen molar-refractivity contribution in [3.05, 3.63) is 77.9 Å². The average Bonchev–Trinajstić information content (AvgIpc) is 3.46. The number of rotatable bonds is 8. The Balaban J connectivity index is 1.23. The van der Waals surface area contributed by atoms with Gasteiger partial charge in [0.25, 0.3) is 5.91 Å². The molecule has 2 aromatic rings. The summed E-state index contributed by atoms with van der Waals surface area (Å²) in [4.78, 5) is 30.5. The number of nitrogens with zero attached hydrogens (tertiary/aromatic N) is 3. The van der Waals surface area contributed by atoms with Crippen LogP contribution in [0.5, 0.6) is 0 Å². The lowest BCUT2D eigenvalue weighted by Gasteiger charge is -2.35. The normalized spacial score (nSPS) is 22.3. The highest BCUT2D eigenvalue weighted by Gasteiger charge is 2.39. The molecule has 3 atom stereocenters. The van der Waals surface area contributed by atoms with E-state index in [1.807, 2.05) is 42.4 Å². The quantitative estimate of drug-likeness (QED) is 0.439. The number of benzene rings is 2. The van der Waals surface area contributed by atoms with Crippen molar-refractivity contribution in [1.29, 1.82) is 0 Å². The lowest BCUT2D eigenvalue weighted by Crippen LogP contribution is -2.57. The van der Waals surface area contributed by atoms with Crippen molar-refractivity contribution in [3.63, 3.8) is 0 Å². The number of carbonyl (C=O) groups is 2. The number of halogens is 1. The fourth-order valence-corrected chi connectivity index (χ4v) is 4.64. The average molecular weight is 494 g/mol. The summed E-state index contributed by atoms with van der Waals surface area (Å²) in [6, 6.07) is 13.3. The topological polar surface area (TPSA) is 92.0 Å². The number of hydrogen-bond acceptors (Lipinski definition) is 7. The van der Waals surface area contributed by atoms with E-state index in [-0.39, 0.29) is 29.6 Å². The molecule has 2 heterocycles. The van der Waals surface area contributed by atoms with E-state index in [0.29, 0.717) is 25.2 Å². The fraction of sp³-hybridized carbons (Fsp3) is 0.385. The molecule has 1 saturated heterocycles. The second-order valence-electron chi connectivity index (χ2n) is 9.55. The summed E-state index contributed by atoms with van der Waals surface area (Å²) in [6.07, 6.45) is 4.52. The molecule has 10 heteroatoms. The van der Waals surface area contributed by atoms with Gasteiger partial charge in [0.1, 0.15) is 11.9 Å².